The Morgan fingerprint density at radius 1 is 1.00 bits per heavy atom. The summed E-state index contributed by atoms with van der Waals surface area (Å²) in [6.07, 6.45) is 1.79. The Morgan fingerprint density at radius 3 is 2.73 bits per heavy atom. The monoisotopic (exact) mass is 353 g/mol. The molecule has 0 spiro atoms. The van der Waals surface area contributed by atoms with E-state index in [4.69, 9.17) is 14.2 Å². The Bertz CT molecular complexity index is 815. The number of aliphatic hydroxyl groups is 1. The van der Waals surface area contributed by atoms with Crippen LogP contribution in [0.2, 0.25) is 0 Å². The summed E-state index contributed by atoms with van der Waals surface area (Å²) in [6, 6.07) is 14.0. The standard InChI is InChI=1S/C21H23NO4/c1-15(23)10-22(11-16-6-7-20-21(9-16)26-14-25-20)12-17-8-18-4-2-3-5-19(18)24-13-17/h2-9,15,23H,10-14H2,1H3/t15-/m1/s1. The Morgan fingerprint density at radius 2 is 1.85 bits per heavy atom. The molecule has 136 valence electrons. The van der Waals surface area contributed by atoms with Crippen molar-refractivity contribution in [2.24, 2.45) is 0 Å². The van der Waals surface area contributed by atoms with E-state index in [1.54, 1.807) is 0 Å². The summed E-state index contributed by atoms with van der Waals surface area (Å²) in [5.41, 5.74) is 3.44. The van der Waals surface area contributed by atoms with Crippen molar-refractivity contribution in [1.82, 2.24) is 4.90 Å². The largest absolute Gasteiger partial charge is 0.489 e. The molecule has 4 rings (SSSR count). The second kappa shape index (κ2) is 7.40. The highest BCUT2D eigenvalue weighted by Gasteiger charge is 2.18. The molecule has 0 aliphatic carbocycles. The van der Waals surface area contributed by atoms with Gasteiger partial charge in [-0.25, -0.2) is 0 Å². The summed E-state index contributed by atoms with van der Waals surface area (Å²) in [5, 5.41) is 9.91. The molecule has 0 saturated carbocycles. The van der Waals surface area contributed by atoms with Gasteiger partial charge in [0.25, 0.3) is 0 Å². The van der Waals surface area contributed by atoms with Crippen LogP contribution in [-0.2, 0) is 6.54 Å². The highest BCUT2D eigenvalue weighted by molar-refractivity contribution is 5.62. The molecular formula is C21H23NO4. The van der Waals surface area contributed by atoms with E-state index in [0.717, 1.165) is 41.5 Å². The molecule has 0 fully saturated rings. The molecule has 1 atom stereocenters. The van der Waals surface area contributed by atoms with Crippen LogP contribution in [0.25, 0.3) is 6.08 Å². The molecule has 0 amide bonds. The van der Waals surface area contributed by atoms with Crippen molar-refractivity contribution >= 4 is 6.08 Å². The molecule has 2 aromatic rings. The van der Waals surface area contributed by atoms with Gasteiger partial charge in [0.1, 0.15) is 12.4 Å². The Kier molecular flexibility index (Phi) is 4.82. The van der Waals surface area contributed by atoms with E-state index in [9.17, 15) is 5.11 Å². The fourth-order valence-corrected chi connectivity index (χ4v) is 3.40. The first-order chi connectivity index (χ1) is 12.7. The van der Waals surface area contributed by atoms with Crippen LogP contribution < -0.4 is 14.2 Å². The lowest BCUT2D eigenvalue weighted by molar-refractivity contribution is 0.126. The van der Waals surface area contributed by atoms with Crippen LogP contribution in [0.5, 0.6) is 17.2 Å². The van der Waals surface area contributed by atoms with Crippen molar-refractivity contribution in [3.63, 3.8) is 0 Å². The summed E-state index contributed by atoms with van der Waals surface area (Å²) in [4.78, 5) is 2.23. The van der Waals surface area contributed by atoms with Gasteiger partial charge in [-0.3, -0.25) is 4.90 Å². The molecule has 5 heteroatoms. The van der Waals surface area contributed by atoms with Gasteiger partial charge in [0.15, 0.2) is 11.5 Å². The Hall–Kier alpha value is -2.50. The molecule has 2 aromatic carbocycles. The third-order valence-electron chi connectivity index (χ3n) is 4.48. The minimum atomic E-state index is -0.401. The quantitative estimate of drug-likeness (QED) is 0.865. The number of ether oxygens (including phenoxy) is 3. The topological polar surface area (TPSA) is 51.2 Å². The fraction of sp³-hybridized carbons (Fsp3) is 0.333. The van der Waals surface area contributed by atoms with E-state index >= 15 is 0 Å². The molecule has 0 unspecified atom stereocenters. The number of para-hydroxylation sites is 1. The van der Waals surface area contributed by atoms with E-state index < -0.39 is 6.10 Å². The highest BCUT2D eigenvalue weighted by atomic mass is 16.7. The van der Waals surface area contributed by atoms with Crippen LogP contribution in [0, 0.1) is 0 Å². The normalized spacial score (nSPS) is 16.0. The average Bonchev–Trinajstić information content (AvgIpc) is 3.09. The molecule has 26 heavy (non-hydrogen) atoms. The van der Waals surface area contributed by atoms with Crippen molar-refractivity contribution < 1.29 is 19.3 Å². The lowest BCUT2D eigenvalue weighted by Gasteiger charge is -2.27. The summed E-state index contributed by atoms with van der Waals surface area (Å²) in [5.74, 6) is 2.50. The molecule has 2 aliphatic rings. The van der Waals surface area contributed by atoms with Crippen LogP contribution in [-0.4, -0.2) is 42.6 Å². The number of hydrogen-bond donors (Lipinski definition) is 1. The van der Waals surface area contributed by atoms with Crippen molar-refractivity contribution in [3.8, 4) is 17.2 Å². The predicted molar refractivity (Wildman–Crippen MR) is 99.4 cm³/mol. The molecule has 0 aromatic heterocycles. The molecule has 5 nitrogen and oxygen atoms in total. The SMILES string of the molecule is C[C@@H](O)CN(CC1=Cc2ccccc2OC1)Cc1ccc2c(c1)OCO2. The van der Waals surface area contributed by atoms with Crippen molar-refractivity contribution in [1.29, 1.82) is 0 Å². The maximum atomic E-state index is 9.91. The molecule has 2 aliphatic heterocycles. The Labute approximate surface area is 153 Å². The minimum Gasteiger partial charge on any atom is -0.489 e. The third kappa shape index (κ3) is 3.84. The van der Waals surface area contributed by atoms with Crippen LogP contribution in [0.4, 0.5) is 0 Å². The van der Waals surface area contributed by atoms with Gasteiger partial charge in [0.2, 0.25) is 6.79 Å². The van der Waals surface area contributed by atoms with Crippen LogP contribution in [0.1, 0.15) is 18.1 Å². The minimum absolute atomic E-state index is 0.278. The van der Waals surface area contributed by atoms with Crippen molar-refractivity contribution in [2.75, 3.05) is 26.5 Å². The van der Waals surface area contributed by atoms with Gasteiger partial charge in [0.05, 0.1) is 6.10 Å². The summed E-state index contributed by atoms with van der Waals surface area (Å²) in [7, 11) is 0. The molecule has 0 bridgehead atoms. The molecular weight excluding hydrogens is 330 g/mol. The highest BCUT2D eigenvalue weighted by Crippen LogP contribution is 2.33. The average molecular weight is 353 g/mol. The number of fused-ring (bicyclic) bond motifs is 2. The number of nitrogens with zero attached hydrogens (tertiary/aromatic N) is 1. The second-order valence-corrected chi connectivity index (χ2v) is 6.84. The summed E-state index contributed by atoms with van der Waals surface area (Å²) in [6.45, 7) is 4.73. The van der Waals surface area contributed by atoms with E-state index in [1.165, 1.54) is 5.57 Å². The maximum absolute atomic E-state index is 9.91. The van der Waals surface area contributed by atoms with Gasteiger partial charge in [-0.1, -0.05) is 24.3 Å². The van der Waals surface area contributed by atoms with Crippen molar-refractivity contribution in [2.45, 2.75) is 19.6 Å². The molecule has 1 N–H and O–H groups in total. The van der Waals surface area contributed by atoms with Gasteiger partial charge in [-0.2, -0.15) is 0 Å². The van der Waals surface area contributed by atoms with Gasteiger partial charge in [-0.05, 0) is 42.3 Å². The summed E-state index contributed by atoms with van der Waals surface area (Å²) >= 11 is 0. The predicted octanol–water partition coefficient (Wildman–Crippen LogP) is 3.07. The molecule has 0 radical (unpaired) electrons. The lowest BCUT2D eigenvalue weighted by atomic mass is 10.1. The van der Waals surface area contributed by atoms with E-state index in [2.05, 4.69) is 17.0 Å². The van der Waals surface area contributed by atoms with Crippen LogP contribution >= 0.6 is 0 Å². The van der Waals surface area contributed by atoms with Gasteiger partial charge >= 0.3 is 0 Å². The maximum Gasteiger partial charge on any atom is 0.231 e. The fourth-order valence-electron chi connectivity index (χ4n) is 3.40. The number of benzene rings is 2. The number of rotatable bonds is 6. The Balaban J connectivity index is 1.49. The van der Waals surface area contributed by atoms with Gasteiger partial charge in [0, 0.05) is 25.2 Å². The van der Waals surface area contributed by atoms with Crippen LogP contribution in [0.15, 0.2) is 48.0 Å². The van der Waals surface area contributed by atoms with E-state index in [0.29, 0.717) is 13.2 Å². The van der Waals surface area contributed by atoms with Gasteiger partial charge in [-0.15, -0.1) is 0 Å². The van der Waals surface area contributed by atoms with E-state index in [1.807, 2.05) is 43.3 Å². The lowest BCUT2D eigenvalue weighted by Crippen LogP contribution is -2.33. The number of hydrogen-bond acceptors (Lipinski definition) is 5. The van der Waals surface area contributed by atoms with E-state index in [-0.39, 0.29) is 6.79 Å². The van der Waals surface area contributed by atoms with Crippen molar-refractivity contribution in [3.05, 3.63) is 59.2 Å². The summed E-state index contributed by atoms with van der Waals surface area (Å²) < 4.78 is 16.7. The first kappa shape index (κ1) is 16.9. The zero-order valence-electron chi connectivity index (χ0n) is 14.9. The third-order valence-corrected chi connectivity index (χ3v) is 4.48. The first-order valence-electron chi connectivity index (χ1n) is 8.87. The molecule has 0 saturated heterocycles. The van der Waals surface area contributed by atoms with Gasteiger partial charge < -0.3 is 19.3 Å². The zero-order chi connectivity index (χ0) is 17.9. The molecule has 2 heterocycles. The zero-order valence-corrected chi connectivity index (χ0v) is 14.9. The van der Waals surface area contributed by atoms with Crippen LogP contribution in [0.3, 0.4) is 0 Å². The number of aliphatic hydroxyl groups excluding tert-OH is 1. The first-order valence-corrected chi connectivity index (χ1v) is 8.87. The second-order valence-electron chi connectivity index (χ2n) is 6.84. The smallest absolute Gasteiger partial charge is 0.231 e.